The molecule has 0 heterocycles. The van der Waals surface area contributed by atoms with E-state index in [1.165, 1.54) is 6.92 Å². The molecule has 0 aliphatic rings. The molecule has 0 unspecified atom stereocenters. The number of hydrogen-bond donors (Lipinski definition) is 1. The zero-order chi connectivity index (χ0) is 9.84. The summed E-state index contributed by atoms with van der Waals surface area (Å²) >= 11 is 2.74. The van der Waals surface area contributed by atoms with Crippen molar-refractivity contribution in [2.24, 2.45) is 0 Å². The van der Waals surface area contributed by atoms with Crippen molar-refractivity contribution in [2.45, 2.75) is 6.92 Å². The van der Waals surface area contributed by atoms with E-state index in [0.29, 0.717) is 11.3 Å². The molecule has 0 spiro atoms. The van der Waals surface area contributed by atoms with Gasteiger partial charge in [-0.05, 0) is 19.1 Å². The first-order valence-corrected chi connectivity index (χ1v) is 4.46. The van der Waals surface area contributed by atoms with Gasteiger partial charge in [-0.3, -0.25) is 9.59 Å². The smallest absolute Gasteiger partial charge is 0.291 e. The minimum atomic E-state index is -0.326. The molecule has 0 saturated carbocycles. The number of hydrogen-bond acceptors (Lipinski definition) is 2. The zero-order valence-electron chi connectivity index (χ0n) is 7.00. The number of amides is 1. The summed E-state index contributed by atoms with van der Waals surface area (Å²) < 4.78 is 0. The minimum absolute atomic E-state index is 0.0225. The summed E-state index contributed by atoms with van der Waals surface area (Å²) in [6.07, 6.45) is 0. The topological polar surface area (TPSA) is 46.2 Å². The molecular formula is C9H8BrNO2. The van der Waals surface area contributed by atoms with E-state index in [1.54, 1.807) is 24.3 Å². The molecule has 3 nitrogen and oxygen atoms in total. The fourth-order valence-corrected chi connectivity index (χ4v) is 1.16. The number of Topliss-reactive ketones (excluding diaryl/α,β-unsaturated/α-hetero) is 1. The number of anilines is 1. The molecule has 0 fully saturated rings. The van der Waals surface area contributed by atoms with Crippen LogP contribution in [0.5, 0.6) is 0 Å². The Bertz CT molecular complexity index is 349. The van der Waals surface area contributed by atoms with Gasteiger partial charge in [0.25, 0.3) is 4.82 Å². The first-order valence-electron chi connectivity index (χ1n) is 3.67. The van der Waals surface area contributed by atoms with Crippen LogP contribution in [0.4, 0.5) is 10.5 Å². The van der Waals surface area contributed by atoms with Gasteiger partial charge in [0.15, 0.2) is 5.78 Å². The van der Waals surface area contributed by atoms with Crippen LogP contribution in [0.2, 0.25) is 0 Å². The van der Waals surface area contributed by atoms with Crippen LogP contribution < -0.4 is 5.32 Å². The van der Waals surface area contributed by atoms with Crippen molar-refractivity contribution in [3.63, 3.8) is 0 Å². The lowest BCUT2D eigenvalue weighted by atomic mass is 10.1. The molecule has 1 aromatic carbocycles. The Morgan fingerprint density at radius 3 is 2.62 bits per heavy atom. The highest BCUT2D eigenvalue weighted by molar-refractivity contribution is 9.18. The highest BCUT2D eigenvalue weighted by Crippen LogP contribution is 2.11. The van der Waals surface area contributed by atoms with Crippen LogP contribution in [-0.4, -0.2) is 10.6 Å². The van der Waals surface area contributed by atoms with Crippen molar-refractivity contribution >= 4 is 32.2 Å². The Morgan fingerprint density at radius 1 is 1.38 bits per heavy atom. The van der Waals surface area contributed by atoms with Crippen LogP contribution in [0.25, 0.3) is 0 Å². The lowest BCUT2D eigenvalue weighted by molar-refractivity contribution is 0.101. The Morgan fingerprint density at radius 2 is 2.08 bits per heavy atom. The van der Waals surface area contributed by atoms with Crippen molar-refractivity contribution in [2.75, 3.05) is 5.32 Å². The Labute approximate surface area is 84.3 Å². The van der Waals surface area contributed by atoms with Crippen LogP contribution in [0, 0.1) is 0 Å². The molecule has 1 amide bonds. The van der Waals surface area contributed by atoms with Crippen molar-refractivity contribution < 1.29 is 9.59 Å². The molecule has 0 aromatic heterocycles. The average Bonchev–Trinajstić information content (AvgIpc) is 2.03. The molecule has 1 aromatic rings. The third-order valence-electron chi connectivity index (χ3n) is 1.51. The van der Waals surface area contributed by atoms with Gasteiger partial charge in [0, 0.05) is 27.2 Å². The zero-order valence-corrected chi connectivity index (χ0v) is 8.59. The second-order valence-electron chi connectivity index (χ2n) is 2.54. The van der Waals surface area contributed by atoms with Crippen LogP contribution in [0.15, 0.2) is 24.3 Å². The van der Waals surface area contributed by atoms with Gasteiger partial charge in [-0.1, -0.05) is 12.1 Å². The van der Waals surface area contributed by atoms with Gasteiger partial charge in [0.05, 0.1) is 0 Å². The van der Waals surface area contributed by atoms with Crippen LogP contribution in [0.3, 0.4) is 0 Å². The van der Waals surface area contributed by atoms with E-state index in [1.807, 2.05) is 0 Å². The van der Waals surface area contributed by atoms with Crippen molar-refractivity contribution in [1.29, 1.82) is 0 Å². The lowest BCUT2D eigenvalue weighted by Crippen LogP contribution is -2.01. The summed E-state index contributed by atoms with van der Waals surface area (Å²) in [4.78, 5) is 21.2. The second kappa shape index (κ2) is 4.18. The number of carbonyl (C=O) groups excluding carboxylic acids is 2. The van der Waals surface area contributed by atoms with Gasteiger partial charge < -0.3 is 5.32 Å². The molecule has 4 heteroatoms. The van der Waals surface area contributed by atoms with Gasteiger partial charge in [0.1, 0.15) is 0 Å². The highest BCUT2D eigenvalue weighted by Gasteiger charge is 2.01. The van der Waals surface area contributed by atoms with Crippen molar-refractivity contribution in [3.05, 3.63) is 29.8 Å². The third-order valence-corrected chi connectivity index (χ3v) is 1.71. The summed E-state index contributed by atoms with van der Waals surface area (Å²) in [7, 11) is 0. The Balaban J connectivity index is 2.91. The maximum absolute atomic E-state index is 11.0. The summed E-state index contributed by atoms with van der Waals surface area (Å²) in [5.74, 6) is -0.0225. The molecule has 0 aliphatic heterocycles. The summed E-state index contributed by atoms with van der Waals surface area (Å²) in [5.41, 5.74) is 1.19. The lowest BCUT2D eigenvalue weighted by Gasteiger charge is -2.01. The first kappa shape index (κ1) is 9.92. The number of ketones is 1. The molecule has 68 valence electrons. The van der Waals surface area contributed by atoms with E-state index in [4.69, 9.17) is 0 Å². The minimum Gasteiger partial charge on any atom is -0.317 e. The van der Waals surface area contributed by atoms with Gasteiger partial charge in [-0.2, -0.15) is 0 Å². The SMILES string of the molecule is CC(=O)c1cccc(NC(=O)Br)c1. The van der Waals surface area contributed by atoms with Crippen LogP contribution in [0.1, 0.15) is 17.3 Å². The normalized spacial score (nSPS) is 9.38. The molecule has 0 saturated heterocycles. The van der Waals surface area contributed by atoms with Gasteiger partial charge in [-0.25, -0.2) is 0 Å². The van der Waals surface area contributed by atoms with E-state index in [0.717, 1.165) is 0 Å². The van der Waals surface area contributed by atoms with Crippen molar-refractivity contribution in [1.82, 2.24) is 0 Å². The number of halogens is 1. The number of nitrogens with one attached hydrogen (secondary N) is 1. The van der Waals surface area contributed by atoms with E-state index in [2.05, 4.69) is 21.2 Å². The summed E-state index contributed by atoms with van der Waals surface area (Å²) in [5, 5.41) is 2.53. The first-order chi connectivity index (χ1) is 6.09. The van der Waals surface area contributed by atoms with Crippen LogP contribution >= 0.6 is 15.9 Å². The molecule has 0 aliphatic carbocycles. The molecule has 1 N–H and O–H groups in total. The predicted octanol–water partition coefficient (Wildman–Crippen LogP) is 2.82. The number of rotatable bonds is 2. The monoisotopic (exact) mass is 241 g/mol. The van der Waals surface area contributed by atoms with E-state index in [-0.39, 0.29) is 10.6 Å². The van der Waals surface area contributed by atoms with Gasteiger partial charge >= 0.3 is 0 Å². The van der Waals surface area contributed by atoms with Gasteiger partial charge in [0.2, 0.25) is 0 Å². The summed E-state index contributed by atoms with van der Waals surface area (Å²) in [6, 6.07) is 6.76. The predicted molar refractivity (Wildman–Crippen MR) is 54.4 cm³/mol. The quantitative estimate of drug-likeness (QED) is 0.492. The van der Waals surface area contributed by atoms with E-state index >= 15 is 0 Å². The Hall–Kier alpha value is -1.16. The molecular weight excluding hydrogens is 234 g/mol. The Kier molecular flexibility index (Phi) is 3.19. The van der Waals surface area contributed by atoms with Crippen LogP contribution in [-0.2, 0) is 0 Å². The molecule has 0 radical (unpaired) electrons. The fourth-order valence-electron chi connectivity index (χ4n) is 0.929. The maximum atomic E-state index is 11.0. The highest BCUT2D eigenvalue weighted by atomic mass is 79.9. The molecule has 0 bridgehead atoms. The number of benzene rings is 1. The molecule has 0 atom stereocenters. The fraction of sp³-hybridized carbons (Fsp3) is 0.111. The largest absolute Gasteiger partial charge is 0.317 e. The average molecular weight is 242 g/mol. The molecule has 1 rings (SSSR count). The number of carbonyl (C=O) groups is 2. The van der Waals surface area contributed by atoms with Gasteiger partial charge in [-0.15, -0.1) is 0 Å². The third kappa shape index (κ3) is 2.99. The van der Waals surface area contributed by atoms with E-state index in [9.17, 15) is 9.59 Å². The van der Waals surface area contributed by atoms with E-state index < -0.39 is 0 Å². The summed E-state index contributed by atoms with van der Waals surface area (Å²) in [6.45, 7) is 1.48. The second-order valence-corrected chi connectivity index (χ2v) is 3.26. The molecule has 13 heavy (non-hydrogen) atoms. The van der Waals surface area contributed by atoms with Crippen molar-refractivity contribution in [3.8, 4) is 0 Å². The maximum Gasteiger partial charge on any atom is 0.291 e. The standard InChI is InChI=1S/C9H8BrNO2/c1-6(12)7-3-2-4-8(5-7)11-9(10)13/h2-5H,1H3,(H,11,13).